The summed E-state index contributed by atoms with van der Waals surface area (Å²) in [4.78, 5) is 25.7. The molecule has 6 nitrogen and oxygen atoms in total. The van der Waals surface area contributed by atoms with Crippen LogP contribution in [0.4, 0.5) is 5.82 Å². The minimum Gasteiger partial charge on any atom is -0.477 e. The number of anilines is 1. The van der Waals surface area contributed by atoms with Crippen LogP contribution in [0, 0.1) is 0 Å². The van der Waals surface area contributed by atoms with E-state index in [1.54, 1.807) is 24.3 Å². The van der Waals surface area contributed by atoms with E-state index in [0.29, 0.717) is 5.82 Å². The second-order valence-electron chi connectivity index (χ2n) is 3.70. The van der Waals surface area contributed by atoms with Crippen molar-refractivity contribution in [3.05, 3.63) is 36.0 Å². The summed E-state index contributed by atoms with van der Waals surface area (Å²) in [5.74, 6) is -1.33. The van der Waals surface area contributed by atoms with E-state index in [2.05, 4.69) is 10.3 Å². The van der Waals surface area contributed by atoms with Gasteiger partial charge in [-0.15, -0.1) is 0 Å². The number of amides is 1. The molecule has 2 rings (SSSR count). The van der Waals surface area contributed by atoms with Gasteiger partial charge in [-0.25, -0.2) is 9.78 Å². The lowest BCUT2D eigenvalue weighted by molar-refractivity contribution is -0.116. The number of aromatic carboxylic acids is 1. The molecule has 0 aliphatic rings. The van der Waals surface area contributed by atoms with Gasteiger partial charge in [-0.2, -0.15) is 0 Å². The van der Waals surface area contributed by atoms with Crippen molar-refractivity contribution in [1.82, 2.24) is 4.98 Å². The van der Waals surface area contributed by atoms with E-state index in [1.807, 2.05) is 0 Å². The highest BCUT2D eigenvalue weighted by Gasteiger charge is 2.10. The Morgan fingerprint density at radius 3 is 2.72 bits per heavy atom. The number of primary amides is 1. The van der Waals surface area contributed by atoms with Crippen molar-refractivity contribution in [2.45, 2.75) is 0 Å². The molecular formula is C12H11N3O3. The van der Waals surface area contributed by atoms with Crippen molar-refractivity contribution in [1.29, 1.82) is 0 Å². The fraction of sp³-hybridized carbons (Fsp3) is 0.0833. The highest BCUT2D eigenvalue weighted by molar-refractivity contribution is 5.98. The first-order valence-electron chi connectivity index (χ1n) is 5.23. The molecule has 1 aromatic carbocycles. The van der Waals surface area contributed by atoms with Crippen molar-refractivity contribution >= 4 is 28.5 Å². The number of hydrogen-bond acceptors (Lipinski definition) is 4. The standard InChI is InChI=1S/C12H11N3O3/c13-10(16)6-14-11-8-4-2-1-3-7(8)5-9(15-11)12(17)18/h1-5H,6H2,(H2,13,16)(H,14,15)(H,17,18). The van der Waals surface area contributed by atoms with Gasteiger partial charge in [0, 0.05) is 5.39 Å². The third-order valence-electron chi connectivity index (χ3n) is 2.39. The van der Waals surface area contributed by atoms with Crippen LogP contribution in [0.1, 0.15) is 10.5 Å². The van der Waals surface area contributed by atoms with Gasteiger partial charge in [-0.3, -0.25) is 4.79 Å². The number of rotatable bonds is 4. The van der Waals surface area contributed by atoms with Gasteiger partial charge < -0.3 is 16.2 Å². The minimum absolute atomic E-state index is 0.0827. The van der Waals surface area contributed by atoms with E-state index in [9.17, 15) is 9.59 Å². The first kappa shape index (κ1) is 11.8. The van der Waals surface area contributed by atoms with Gasteiger partial charge in [-0.05, 0) is 11.5 Å². The van der Waals surface area contributed by atoms with Crippen LogP contribution in [-0.4, -0.2) is 28.5 Å². The monoisotopic (exact) mass is 245 g/mol. The van der Waals surface area contributed by atoms with Gasteiger partial charge in [0.15, 0.2) is 5.69 Å². The molecular weight excluding hydrogens is 234 g/mol. The number of fused-ring (bicyclic) bond motifs is 1. The fourth-order valence-corrected chi connectivity index (χ4v) is 1.61. The Hall–Kier alpha value is -2.63. The maximum atomic E-state index is 11.0. The number of benzene rings is 1. The first-order valence-corrected chi connectivity index (χ1v) is 5.23. The highest BCUT2D eigenvalue weighted by atomic mass is 16.4. The molecule has 18 heavy (non-hydrogen) atoms. The van der Waals surface area contributed by atoms with Crippen LogP contribution in [0.5, 0.6) is 0 Å². The van der Waals surface area contributed by atoms with Gasteiger partial charge in [0.05, 0.1) is 6.54 Å². The number of nitrogens with one attached hydrogen (secondary N) is 1. The van der Waals surface area contributed by atoms with Crippen LogP contribution in [0.2, 0.25) is 0 Å². The molecule has 92 valence electrons. The molecule has 0 bridgehead atoms. The second-order valence-corrected chi connectivity index (χ2v) is 3.70. The summed E-state index contributed by atoms with van der Waals surface area (Å²) in [6, 6.07) is 8.65. The third-order valence-corrected chi connectivity index (χ3v) is 2.39. The van der Waals surface area contributed by atoms with E-state index < -0.39 is 11.9 Å². The molecule has 0 saturated heterocycles. The number of carboxylic acid groups (broad SMARTS) is 1. The van der Waals surface area contributed by atoms with Crippen molar-refractivity contribution in [2.24, 2.45) is 5.73 Å². The molecule has 1 amide bonds. The van der Waals surface area contributed by atoms with E-state index >= 15 is 0 Å². The molecule has 6 heteroatoms. The van der Waals surface area contributed by atoms with Crippen molar-refractivity contribution < 1.29 is 14.7 Å². The maximum Gasteiger partial charge on any atom is 0.354 e. The second kappa shape index (κ2) is 4.70. The largest absolute Gasteiger partial charge is 0.477 e. The molecule has 0 saturated carbocycles. The summed E-state index contributed by atoms with van der Waals surface area (Å²) in [7, 11) is 0. The van der Waals surface area contributed by atoms with Crippen LogP contribution < -0.4 is 11.1 Å². The number of carbonyl (C=O) groups is 2. The van der Waals surface area contributed by atoms with E-state index in [4.69, 9.17) is 10.8 Å². The third kappa shape index (κ3) is 2.37. The predicted molar refractivity (Wildman–Crippen MR) is 66.4 cm³/mol. The Morgan fingerprint density at radius 2 is 2.06 bits per heavy atom. The molecule has 2 aromatic rings. The van der Waals surface area contributed by atoms with Gasteiger partial charge in [0.1, 0.15) is 5.82 Å². The molecule has 1 aromatic heterocycles. The van der Waals surface area contributed by atoms with Crippen LogP contribution in [0.15, 0.2) is 30.3 Å². The van der Waals surface area contributed by atoms with Crippen LogP contribution in [0.25, 0.3) is 10.8 Å². The average Bonchev–Trinajstić information content (AvgIpc) is 2.35. The lowest BCUT2D eigenvalue weighted by Gasteiger charge is -2.08. The summed E-state index contributed by atoms with van der Waals surface area (Å²) in [5.41, 5.74) is 4.95. The Labute approximate surface area is 102 Å². The first-order chi connectivity index (χ1) is 8.58. The van der Waals surface area contributed by atoms with Crippen LogP contribution in [-0.2, 0) is 4.79 Å². The van der Waals surface area contributed by atoms with E-state index in [0.717, 1.165) is 10.8 Å². The van der Waals surface area contributed by atoms with Crippen LogP contribution >= 0.6 is 0 Å². The van der Waals surface area contributed by atoms with E-state index in [1.165, 1.54) is 6.07 Å². The Kier molecular flexibility index (Phi) is 3.09. The number of nitrogens with zero attached hydrogens (tertiary/aromatic N) is 1. The Bertz CT molecular complexity index is 625. The molecule has 0 unspecified atom stereocenters. The quantitative estimate of drug-likeness (QED) is 0.739. The number of aromatic nitrogens is 1. The zero-order chi connectivity index (χ0) is 13.1. The number of pyridine rings is 1. The van der Waals surface area contributed by atoms with Gasteiger partial charge >= 0.3 is 5.97 Å². The topological polar surface area (TPSA) is 105 Å². The Morgan fingerprint density at radius 1 is 1.33 bits per heavy atom. The lowest BCUT2D eigenvalue weighted by atomic mass is 10.1. The molecule has 0 atom stereocenters. The van der Waals surface area contributed by atoms with Crippen LogP contribution in [0.3, 0.4) is 0 Å². The number of carboxylic acids is 1. The number of nitrogens with two attached hydrogens (primary N) is 1. The minimum atomic E-state index is -1.12. The molecule has 4 N–H and O–H groups in total. The zero-order valence-electron chi connectivity index (χ0n) is 9.38. The van der Waals surface area contributed by atoms with Gasteiger partial charge in [0.25, 0.3) is 0 Å². The average molecular weight is 245 g/mol. The summed E-state index contributed by atoms with van der Waals surface area (Å²) >= 11 is 0. The van der Waals surface area contributed by atoms with E-state index in [-0.39, 0.29) is 12.2 Å². The normalized spacial score (nSPS) is 10.2. The summed E-state index contributed by atoms with van der Waals surface area (Å²) in [6.07, 6.45) is 0. The highest BCUT2D eigenvalue weighted by Crippen LogP contribution is 2.22. The number of hydrogen-bond donors (Lipinski definition) is 3. The maximum absolute atomic E-state index is 11.0. The summed E-state index contributed by atoms with van der Waals surface area (Å²) in [5, 5.41) is 13.2. The zero-order valence-corrected chi connectivity index (χ0v) is 9.38. The summed E-state index contributed by atoms with van der Waals surface area (Å²) in [6.45, 7) is -0.0972. The van der Waals surface area contributed by atoms with Crippen molar-refractivity contribution in [3.8, 4) is 0 Å². The Balaban J connectivity index is 2.53. The predicted octanol–water partition coefficient (Wildman–Crippen LogP) is 0.830. The van der Waals surface area contributed by atoms with Crippen molar-refractivity contribution in [3.63, 3.8) is 0 Å². The molecule has 0 radical (unpaired) electrons. The smallest absolute Gasteiger partial charge is 0.354 e. The molecule has 0 spiro atoms. The molecule has 0 aliphatic heterocycles. The fourth-order valence-electron chi connectivity index (χ4n) is 1.61. The molecule has 0 fully saturated rings. The van der Waals surface area contributed by atoms with Crippen molar-refractivity contribution in [2.75, 3.05) is 11.9 Å². The number of carbonyl (C=O) groups excluding carboxylic acids is 1. The molecule has 1 heterocycles. The molecule has 0 aliphatic carbocycles. The van der Waals surface area contributed by atoms with Gasteiger partial charge in [0.2, 0.25) is 5.91 Å². The lowest BCUT2D eigenvalue weighted by Crippen LogP contribution is -2.22. The summed E-state index contributed by atoms with van der Waals surface area (Å²) < 4.78 is 0. The van der Waals surface area contributed by atoms with Gasteiger partial charge in [-0.1, -0.05) is 24.3 Å². The SMILES string of the molecule is NC(=O)CNc1nc(C(=O)O)cc2ccccc12.